The van der Waals surface area contributed by atoms with Crippen molar-refractivity contribution in [3.8, 4) is 58.4 Å². The van der Waals surface area contributed by atoms with Gasteiger partial charge >= 0.3 is 0 Å². The summed E-state index contributed by atoms with van der Waals surface area (Å²) in [6.45, 7) is 0. The van der Waals surface area contributed by atoms with Gasteiger partial charge in [-0.2, -0.15) is 21.0 Å². The van der Waals surface area contributed by atoms with Crippen molar-refractivity contribution >= 4 is 0 Å². The number of hydrogen-bond acceptors (Lipinski definition) is 6. The Hall–Kier alpha value is -7.12. The molecule has 0 saturated heterocycles. The van der Waals surface area contributed by atoms with E-state index in [1.54, 1.807) is 36.4 Å². The Morgan fingerprint density at radius 2 is 0.745 bits per heavy atom. The Bertz CT molecular complexity index is 2180. The van der Waals surface area contributed by atoms with Crippen molar-refractivity contribution in [1.29, 1.82) is 21.0 Å². The number of hydrogen-bond donors (Lipinski definition) is 0. The zero-order chi connectivity index (χ0) is 32.4. The summed E-state index contributed by atoms with van der Waals surface area (Å²) in [6.07, 6.45) is 0. The molecule has 0 radical (unpaired) electrons. The molecule has 7 rings (SSSR count). The lowest BCUT2D eigenvalue weighted by Gasteiger charge is -2.34. The Morgan fingerprint density at radius 1 is 0.383 bits per heavy atom. The van der Waals surface area contributed by atoms with Gasteiger partial charge in [-0.1, -0.05) is 72.8 Å². The van der Waals surface area contributed by atoms with E-state index < -0.39 is 5.41 Å². The minimum absolute atomic E-state index is 0.261. The van der Waals surface area contributed by atoms with Crippen molar-refractivity contribution in [2.24, 2.45) is 0 Å². The molecule has 0 heterocycles. The second kappa shape index (κ2) is 11.8. The van der Waals surface area contributed by atoms with Crippen molar-refractivity contribution in [3.63, 3.8) is 0 Å². The molecule has 0 N–H and O–H groups in total. The van der Waals surface area contributed by atoms with Gasteiger partial charge in [0.2, 0.25) is 0 Å². The Labute approximate surface area is 271 Å². The highest BCUT2D eigenvalue weighted by atomic mass is 16.5. The van der Waals surface area contributed by atoms with Gasteiger partial charge in [0.15, 0.2) is 0 Å². The lowest BCUT2D eigenvalue weighted by Crippen LogP contribution is -2.28. The second-order valence-corrected chi connectivity index (χ2v) is 11.0. The molecule has 0 amide bonds. The topological polar surface area (TPSA) is 114 Å². The molecule has 218 valence electrons. The van der Waals surface area contributed by atoms with Gasteiger partial charge in [-0.15, -0.1) is 0 Å². The summed E-state index contributed by atoms with van der Waals surface area (Å²) in [6, 6.07) is 50.6. The standard InChI is InChI=1S/C41H22N4O2/c42-23-27-9-15-35(21-29(27)25-44)46-33-17-11-31(12-18-33)41(39-7-3-1-5-37(39)38-6-2-4-8-40(38)41)32-13-19-34(20-14-32)47-36-16-10-28(24-43)30(22-36)26-45/h1-22H. The van der Waals surface area contributed by atoms with E-state index in [4.69, 9.17) is 9.47 Å². The average molecular weight is 603 g/mol. The van der Waals surface area contributed by atoms with Crippen molar-refractivity contribution in [3.05, 3.63) is 178 Å². The van der Waals surface area contributed by atoms with Gasteiger partial charge in [-0.25, -0.2) is 0 Å². The van der Waals surface area contributed by atoms with E-state index in [0.29, 0.717) is 34.1 Å². The quantitative estimate of drug-likeness (QED) is 0.188. The maximum absolute atomic E-state index is 9.44. The molecule has 6 aromatic carbocycles. The third kappa shape index (κ3) is 4.81. The molecule has 1 aliphatic carbocycles. The molecule has 0 bridgehead atoms. The van der Waals surface area contributed by atoms with Crippen LogP contribution >= 0.6 is 0 Å². The van der Waals surface area contributed by atoms with E-state index in [1.165, 1.54) is 0 Å². The zero-order valence-corrected chi connectivity index (χ0v) is 24.8. The summed E-state index contributed by atoms with van der Waals surface area (Å²) >= 11 is 0. The smallest absolute Gasteiger partial charge is 0.128 e. The van der Waals surface area contributed by atoms with Crippen molar-refractivity contribution in [1.82, 2.24) is 0 Å². The molecule has 0 saturated carbocycles. The summed E-state index contributed by atoms with van der Waals surface area (Å²) in [7, 11) is 0. The molecule has 0 unspecified atom stereocenters. The number of nitrogens with zero attached hydrogens (tertiary/aromatic N) is 4. The average Bonchev–Trinajstić information content (AvgIpc) is 3.43. The molecule has 47 heavy (non-hydrogen) atoms. The lowest BCUT2D eigenvalue weighted by molar-refractivity contribution is 0.481. The molecule has 1 aliphatic rings. The summed E-state index contributed by atoms with van der Waals surface area (Å²) in [4.78, 5) is 0. The van der Waals surface area contributed by atoms with Crippen molar-refractivity contribution < 1.29 is 9.47 Å². The predicted molar refractivity (Wildman–Crippen MR) is 176 cm³/mol. The van der Waals surface area contributed by atoms with Gasteiger partial charge in [0.1, 0.15) is 47.3 Å². The first-order valence-electron chi connectivity index (χ1n) is 14.7. The zero-order valence-electron chi connectivity index (χ0n) is 24.8. The predicted octanol–water partition coefficient (Wildman–Crippen LogP) is 9.12. The monoisotopic (exact) mass is 602 g/mol. The highest BCUT2D eigenvalue weighted by Crippen LogP contribution is 2.56. The highest BCUT2D eigenvalue weighted by Gasteiger charge is 2.45. The largest absolute Gasteiger partial charge is 0.457 e. The maximum atomic E-state index is 9.44. The summed E-state index contributed by atoms with van der Waals surface area (Å²) in [5.74, 6) is 2.14. The summed E-state index contributed by atoms with van der Waals surface area (Å²) < 4.78 is 12.2. The summed E-state index contributed by atoms with van der Waals surface area (Å²) in [5.41, 5.74) is 7.19. The van der Waals surface area contributed by atoms with Crippen LogP contribution in [0.4, 0.5) is 0 Å². The third-order valence-corrected chi connectivity index (χ3v) is 8.46. The van der Waals surface area contributed by atoms with Crippen LogP contribution in [-0.2, 0) is 5.41 Å². The van der Waals surface area contributed by atoms with E-state index in [9.17, 15) is 21.0 Å². The van der Waals surface area contributed by atoms with Crippen molar-refractivity contribution in [2.45, 2.75) is 5.41 Å². The number of fused-ring (bicyclic) bond motifs is 3. The molecule has 6 nitrogen and oxygen atoms in total. The van der Waals surface area contributed by atoms with Crippen LogP contribution in [0.3, 0.4) is 0 Å². The number of ether oxygens (including phenoxy) is 2. The lowest BCUT2D eigenvalue weighted by atomic mass is 9.68. The number of benzene rings is 6. The van der Waals surface area contributed by atoms with E-state index in [0.717, 1.165) is 33.4 Å². The van der Waals surface area contributed by atoms with Crippen LogP contribution < -0.4 is 9.47 Å². The fraction of sp³-hybridized carbons (Fsp3) is 0.0244. The van der Waals surface area contributed by atoms with Crippen LogP contribution in [0.5, 0.6) is 23.0 Å². The Kier molecular flexibility index (Phi) is 7.17. The van der Waals surface area contributed by atoms with Crippen LogP contribution in [0.25, 0.3) is 11.1 Å². The van der Waals surface area contributed by atoms with E-state index in [1.807, 2.05) is 36.4 Å². The molecule has 6 aromatic rings. The van der Waals surface area contributed by atoms with Crippen LogP contribution in [0.2, 0.25) is 0 Å². The van der Waals surface area contributed by atoms with E-state index >= 15 is 0 Å². The fourth-order valence-corrected chi connectivity index (χ4v) is 6.40. The maximum Gasteiger partial charge on any atom is 0.128 e. The van der Waals surface area contributed by atoms with Gasteiger partial charge < -0.3 is 9.47 Å². The number of nitriles is 4. The summed E-state index contributed by atoms with van der Waals surface area (Å²) in [5, 5.41) is 37.4. The van der Waals surface area contributed by atoms with Crippen molar-refractivity contribution in [2.75, 3.05) is 0 Å². The first-order chi connectivity index (χ1) is 23.1. The fourth-order valence-electron chi connectivity index (χ4n) is 6.40. The van der Waals surface area contributed by atoms with Crippen LogP contribution in [0.15, 0.2) is 133 Å². The van der Waals surface area contributed by atoms with Crippen LogP contribution in [0, 0.1) is 45.3 Å². The molecule has 0 spiro atoms. The van der Waals surface area contributed by atoms with E-state index in [2.05, 4.69) is 84.9 Å². The second-order valence-electron chi connectivity index (χ2n) is 11.0. The minimum atomic E-state index is -0.644. The minimum Gasteiger partial charge on any atom is -0.457 e. The first-order valence-corrected chi connectivity index (χ1v) is 14.7. The molecule has 0 aromatic heterocycles. The van der Waals surface area contributed by atoms with Gasteiger partial charge in [0.25, 0.3) is 0 Å². The van der Waals surface area contributed by atoms with Gasteiger partial charge in [0, 0.05) is 0 Å². The molecule has 0 fully saturated rings. The Balaban J connectivity index is 1.31. The van der Waals surface area contributed by atoms with E-state index in [-0.39, 0.29) is 11.1 Å². The SMILES string of the molecule is N#Cc1ccc(Oc2ccc(C3(c4ccc(Oc5ccc(C#N)c(C#N)c5)cc4)c4ccccc4-c4ccccc43)cc2)cc1C#N. The molecular weight excluding hydrogens is 580 g/mol. The third-order valence-electron chi connectivity index (χ3n) is 8.46. The molecule has 6 heteroatoms. The van der Waals surface area contributed by atoms with Gasteiger partial charge in [-0.05, 0) is 94.0 Å². The highest BCUT2D eigenvalue weighted by molar-refractivity contribution is 5.86. The van der Waals surface area contributed by atoms with Crippen LogP contribution in [0.1, 0.15) is 44.5 Å². The van der Waals surface area contributed by atoms with Crippen LogP contribution in [-0.4, -0.2) is 0 Å². The van der Waals surface area contributed by atoms with Gasteiger partial charge in [0.05, 0.1) is 27.7 Å². The normalized spacial score (nSPS) is 11.9. The molecule has 0 aliphatic heterocycles. The molecule has 0 atom stereocenters. The number of rotatable bonds is 6. The molecular formula is C41H22N4O2. The Morgan fingerprint density at radius 3 is 1.13 bits per heavy atom. The first kappa shape index (κ1) is 28.6. The van der Waals surface area contributed by atoms with Gasteiger partial charge in [-0.3, -0.25) is 0 Å².